The Balaban J connectivity index is 1.64. The van der Waals surface area contributed by atoms with Crippen LogP contribution in [-0.2, 0) is 16.1 Å². The van der Waals surface area contributed by atoms with E-state index in [0.717, 1.165) is 25.7 Å². The van der Waals surface area contributed by atoms with E-state index in [1.807, 2.05) is 30.3 Å². The number of rotatable bonds is 9. The number of carbonyl (C=O) groups excluding carboxylic acids is 2. The van der Waals surface area contributed by atoms with Crippen molar-refractivity contribution in [1.29, 1.82) is 0 Å². The molecular formula is C29H30ClN5O4. The molecule has 2 amide bonds. The van der Waals surface area contributed by atoms with Gasteiger partial charge in [0.25, 0.3) is 0 Å². The minimum atomic E-state index is -1.03. The molecule has 0 aliphatic heterocycles. The van der Waals surface area contributed by atoms with Crippen molar-refractivity contribution < 1.29 is 19.1 Å². The summed E-state index contributed by atoms with van der Waals surface area (Å²) in [4.78, 5) is 29.8. The number of nitrogens with one attached hydrogen (secondary N) is 1. The average Bonchev–Trinajstić information content (AvgIpc) is 3.61. The summed E-state index contributed by atoms with van der Waals surface area (Å²) in [5.41, 5.74) is 2.33. The highest BCUT2D eigenvalue weighted by Crippen LogP contribution is 2.38. The third-order valence-corrected chi connectivity index (χ3v) is 7.23. The molecule has 1 atom stereocenters. The topological polar surface area (TPSA) is 98.6 Å². The molecule has 1 fully saturated rings. The van der Waals surface area contributed by atoms with Crippen LogP contribution in [0.3, 0.4) is 0 Å². The molecule has 10 heteroatoms. The molecule has 1 heterocycles. The van der Waals surface area contributed by atoms with Gasteiger partial charge in [0.15, 0.2) is 0 Å². The Hall–Kier alpha value is -4.11. The van der Waals surface area contributed by atoms with E-state index in [4.69, 9.17) is 21.1 Å². The number of carbonyl (C=O) groups is 2. The summed E-state index contributed by atoms with van der Waals surface area (Å²) >= 11 is 6.42. The lowest BCUT2D eigenvalue weighted by Crippen LogP contribution is -2.47. The van der Waals surface area contributed by atoms with E-state index in [2.05, 4.69) is 15.6 Å². The van der Waals surface area contributed by atoms with Gasteiger partial charge in [-0.25, -0.2) is 4.68 Å². The van der Waals surface area contributed by atoms with Gasteiger partial charge in [0.1, 0.15) is 29.6 Å². The maximum atomic E-state index is 14.3. The molecule has 39 heavy (non-hydrogen) atoms. The SMILES string of the molecule is COc1cccc([C@H](C(=O)NC2CCCC2)N(C(=O)Cn2nnc3ccccc32)c2cc(Cl)ccc2OC)c1. The van der Waals surface area contributed by atoms with E-state index in [0.29, 0.717) is 38.8 Å². The number of para-hydroxylation sites is 1. The number of hydrogen-bond acceptors (Lipinski definition) is 6. The molecule has 1 aliphatic rings. The van der Waals surface area contributed by atoms with Crippen molar-refractivity contribution in [3.8, 4) is 11.5 Å². The molecule has 1 N–H and O–H groups in total. The largest absolute Gasteiger partial charge is 0.497 e. The maximum Gasteiger partial charge on any atom is 0.249 e. The molecule has 0 unspecified atom stereocenters. The van der Waals surface area contributed by atoms with Crippen LogP contribution < -0.4 is 19.7 Å². The van der Waals surface area contributed by atoms with Crippen molar-refractivity contribution in [3.05, 3.63) is 77.3 Å². The fourth-order valence-electron chi connectivity index (χ4n) is 5.09. The molecular weight excluding hydrogens is 518 g/mol. The Morgan fingerprint density at radius 1 is 1.05 bits per heavy atom. The number of amides is 2. The van der Waals surface area contributed by atoms with E-state index >= 15 is 0 Å². The van der Waals surface area contributed by atoms with Crippen molar-refractivity contribution in [3.63, 3.8) is 0 Å². The highest BCUT2D eigenvalue weighted by atomic mass is 35.5. The highest BCUT2D eigenvalue weighted by Gasteiger charge is 2.36. The number of ether oxygens (including phenoxy) is 2. The van der Waals surface area contributed by atoms with Crippen LogP contribution in [-0.4, -0.2) is 47.1 Å². The Bertz CT molecular complexity index is 1480. The zero-order chi connectivity index (χ0) is 27.4. The number of nitrogens with zero attached hydrogens (tertiary/aromatic N) is 4. The zero-order valence-corrected chi connectivity index (χ0v) is 22.6. The molecule has 0 saturated heterocycles. The Labute approximate surface area is 231 Å². The van der Waals surface area contributed by atoms with Gasteiger partial charge in [0.05, 0.1) is 25.4 Å². The summed E-state index contributed by atoms with van der Waals surface area (Å²) in [5, 5.41) is 12.0. The summed E-state index contributed by atoms with van der Waals surface area (Å²) in [7, 11) is 3.07. The van der Waals surface area contributed by atoms with E-state index in [-0.39, 0.29) is 24.4 Å². The van der Waals surface area contributed by atoms with Gasteiger partial charge in [-0.05, 0) is 60.9 Å². The average molecular weight is 548 g/mol. The van der Waals surface area contributed by atoms with Gasteiger partial charge in [-0.15, -0.1) is 5.10 Å². The fraction of sp³-hybridized carbons (Fsp3) is 0.310. The van der Waals surface area contributed by atoms with Gasteiger partial charge >= 0.3 is 0 Å². The molecule has 0 spiro atoms. The predicted octanol–water partition coefficient (Wildman–Crippen LogP) is 4.94. The minimum Gasteiger partial charge on any atom is -0.497 e. The third kappa shape index (κ3) is 5.68. The van der Waals surface area contributed by atoms with Gasteiger partial charge in [-0.3, -0.25) is 14.5 Å². The molecule has 3 aromatic carbocycles. The first-order chi connectivity index (χ1) is 19.0. The smallest absolute Gasteiger partial charge is 0.249 e. The first-order valence-corrected chi connectivity index (χ1v) is 13.2. The molecule has 5 rings (SSSR count). The van der Waals surface area contributed by atoms with Gasteiger partial charge < -0.3 is 14.8 Å². The summed E-state index contributed by atoms with van der Waals surface area (Å²) in [5.74, 6) is 0.284. The number of anilines is 1. The van der Waals surface area contributed by atoms with Gasteiger partial charge in [0.2, 0.25) is 11.8 Å². The summed E-state index contributed by atoms with van der Waals surface area (Å²) < 4.78 is 12.6. The third-order valence-electron chi connectivity index (χ3n) is 6.99. The second kappa shape index (κ2) is 11.7. The van der Waals surface area contributed by atoms with Crippen molar-refractivity contribution in [2.75, 3.05) is 19.1 Å². The molecule has 0 bridgehead atoms. The van der Waals surface area contributed by atoms with Crippen molar-refractivity contribution in [1.82, 2.24) is 20.3 Å². The molecule has 4 aromatic rings. The van der Waals surface area contributed by atoms with E-state index < -0.39 is 6.04 Å². The van der Waals surface area contributed by atoms with Crippen molar-refractivity contribution >= 4 is 40.1 Å². The predicted molar refractivity (Wildman–Crippen MR) is 149 cm³/mol. The van der Waals surface area contributed by atoms with Crippen LogP contribution in [0.4, 0.5) is 5.69 Å². The zero-order valence-electron chi connectivity index (χ0n) is 21.8. The standard InChI is InChI=1S/C29H30ClN5O4/c1-38-22-11-7-8-19(16-22)28(29(37)31-21-9-3-4-10-21)35(25-17-20(30)14-15-26(25)39-2)27(36)18-34-24-13-6-5-12-23(24)32-33-34/h5-8,11-17,21,28H,3-4,9-10,18H2,1-2H3,(H,31,37)/t28-/m1/s1. The van der Waals surface area contributed by atoms with Crippen molar-refractivity contribution in [2.45, 2.75) is 44.3 Å². The molecule has 1 aliphatic carbocycles. The molecule has 0 radical (unpaired) electrons. The van der Waals surface area contributed by atoms with Crippen LogP contribution in [0.2, 0.25) is 5.02 Å². The highest BCUT2D eigenvalue weighted by molar-refractivity contribution is 6.31. The summed E-state index contributed by atoms with van der Waals surface area (Å²) in [6.07, 6.45) is 3.91. The minimum absolute atomic E-state index is 0.0445. The first kappa shape index (κ1) is 26.5. The van der Waals surface area contributed by atoms with Crippen LogP contribution >= 0.6 is 11.6 Å². The van der Waals surface area contributed by atoms with Crippen molar-refractivity contribution in [2.24, 2.45) is 0 Å². The fourth-order valence-corrected chi connectivity index (χ4v) is 5.25. The number of benzene rings is 3. The number of halogens is 1. The normalized spacial score (nSPS) is 14.2. The van der Waals surface area contributed by atoms with Gasteiger partial charge in [0, 0.05) is 11.1 Å². The second-order valence-corrected chi connectivity index (χ2v) is 9.92. The number of methoxy groups -OCH3 is 2. The first-order valence-electron chi connectivity index (χ1n) is 12.9. The van der Waals surface area contributed by atoms with E-state index in [1.54, 1.807) is 43.5 Å². The van der Waals surface area contributed by atoms with Crippen LogP contribution in [0, 0.1) is 0 Å². The van der Waals surface area contributed by atoms with Crippen LogP contribution in [0.15, 0.2) is 66.7 Å². The summed E-state index contributed by atoms with van der Waals surface area (Å²) in [6, 6.07) is 18.6. The van der Waals surface area contributed by atoms with E-state index in [9.17, 15) is 9.59 Å². The molecule has 9 nitrogen and oxygen atoms in total. The Kier molecular flexibility index (Phi) is 7.97. The van der Waals surface area contributed by atoms with Crippen LogP contribution in [0.1, 0.15) is 37.3 Å². The Morgan fingerprint density at radius 2 is 1.85 bits per heavy atom. The maximum absolute atomic E-state index is 14.3. The number of aromatic nitrogens is 3. The van der Waals surface area contributed by atoms with Crippen LogP contribution in [0.5, 0.6) is 11.5 Å². The number of hydrogen-bond donors (Lipinski definition) is 1. The molecule has 202 valence electrons. The van der Waals surface area contributed by atoms with Crippen LogP contribution in [0.25, 0.3) is 11.0 Å². The van der Waals surface area contributed by atoms with Gasteiger partial charge in [-0.2, -0.15) is 0 Å². The van der Waals surface area contributed by atoms with E-state index in [1.165, 1.54) is 16.7 Å². The monoisotopic (exact) mass is 547 g/mol. The Morgan fingerprint density at radius 3 is 2.62 bits per heavy atom. The lowest BCUT2D eigenvalue weighted by Gasteiger charge is -2.33. The number of fused-ring (bicyclic) bond motifs is 1. The molecule has 1 aromatic heterocycles. The van der Waals surface area contributed by atoms with Gasteiger partial charge in [-0.1, -0.05) is 53.9 Å². The lowest BCUT2D eigenvalue weighted by molar-refractivity contribution is -0.127. The molecule has 1 saturated carbocycles. The lowest BCUT2D eigenvalue weighted by atomic mass is 10.0. The quantitative estimate of drug-likeness (QED) is 0.319. The summed E-state index contributed by atoms with van der Waals surface area (Å²) in [6.45, 7) is -0.159. The second-order valence-electron chi connectivity index (χ2n) is 9.48.